The number of fused-ring (bicyclic) bond motifs is 1. The molecule has 1 nitrogen and oxygen atoms in total. The Bertz CT molecular complexity index is 190. The van der Waals surface area contributed by atoms with Gasteiger partial charge in [-0.1, -0.05) is 0 Å². The van der Waals surface area contributed by atoms with E-state index >= 15 is 0 Å². The third-order valence-electron chi connectivity index (χ3n) is 2.85. The second-order valence-electron chi connectivity index (χ2n) is 3.30. The lowest BCUT2D eigenvalue weighted by Gasteiger charge is -2.15. The summed E-state index contributed by atoms with van der Waals surface area (Å²) >= 11 is 0. The molecule has 2 atom stereocenters. The van der Waals surface area contributed by atoms with Crippen LogP contribution in [0.2, 0.25) is 0 Å². The summed E-state index contributed by atoms with van der Waals surface area (Å²) in [5, 5.41) is 0. The van der Waals surface area contributed by atoms with E-state index in [-0.39, 0.29) is 12.3 Å². The first-order valence-electron chi connectivity index (χ1n) is 3.46. The Hall–Kier alpha value is -0.470. The normalized spacial score (nSPS) is 48.4. The van der Waals surface area contributed by atoms with Gasteiger partial charge in [0.15, 0.2) is 0 Å². The van der Waals surface area contributed by atoms with Gasteiger partial charge >= 0.3 is 0 Å². The van der Waals surface area contributed by atoms with Crippen LogP contribution in [0.1, 0.15) is 19.3 Å². The van der Waals surface area contributed by atoms with E-state index in [2.05, 4.69) is 0 Å². The quantitative estimate of drug-likeness (QED) is 0.514. The number of alkyl halides is 2. The Morgan fingerprint density at radius 1 is 1.50 bits per heavy atom. The molecule has 10 heavy (non-hydrogen) atoms. The van der Waals surface area contributed by atoms with Gasteiger partial charge in [-0.25, -0.2) is 8.78 Å². The van der Waals surface area contributed by atoms with Gasteiger partial charge in [-0.05, 0) is 18.8 Å². The van der Waals surface area contributed by atoms with E-state index in [1.165, 1.54) is 0 Å². The average Bonchev–Trinajstić information content (AvgIpc) is 2.54. The number of rotatable bonds is 1. The summed E-state index contributed by atoms with van der Waals surface area (Å²) in [6, 6.07) is 0. The molecule has 0 radical (unpaired) electrons. The monoisotopic (exact) mass is 146 g/mol. The highest BCUT2D eigenvalue weighted by Gasteiger charge is 2.73. The van der Waals surface area contributed by atoms with E-state index in [9.17, 15) is 13.6 Å². The molecule has 0 amide bonds. The molecule has 0 N–H and O–H groups in total. The van der Waals surface area contributed by atoms with Crippen molar-refractivity contribution in [3.8, 4) is 0 Å². The van der Waals surface area contributed by atoms with Crippen molar-refractivity contribution in [2.75, 3.05) is 0 Å². The minimum absolute atomic E-state index is 0.000000000000000222. The summed E-state index contributed by atoms with van der Waals surface area (Å²) in [5.41, 5.74) is -1.22. The van der Waals surface area contributed by atoms with E-state index in [1.807, 2.05) is 0 Å². The van der Waals surface area contributed by atoms with Crippen LogP contribution in [-0.2, 0) is 4.79 Å². The average molecular weight is 146 g/mol. The minimum atomic E-state index is -2.70. The van der Waals surface area contributed by atoms with Gasteiger partial charge in [0.2, 0.25) is 0 Å². The molecule has 2 aliphatic carbocycles. The SMILES string of the molecule is O=CC12CC1CCC2(F)F. The predicted molar refractivity (Wildman–Crippen MR) is 30.8 cm³/mol. The zero-order valence-corrected chi connectivity index (χ0v) is 5.44. The first-order chi connectivity index (χ1) is 4.62. The number of carbonyl (C=O) groups is 1. The molecule has 0 saturated heterocycles. The van der Waals surface area contributed by atoms with Gasteiger partial charge in [0.1, 0.15) is 6.29 Å². The zero-order valence-electron chi connectivity index (χ0n) is 5.44. The number of carbonyl (C=O) groups excluding carboxylic acids is 1. The molecule has 0 aromatic rings. The summed E-state index contributed by atoms with van der Waals surface area (Å²) in [6.45, 7) is 0. The highest BCUT2D eigenvalue weighted by Crippen LogP contribution is 2.69. The Kier molecular flexibility index (Phi) is 0.881. The molecular weight excluding hydrogens is 138 g/mol. The Morgan fingerprint density at radius 3 is 2.40 bits per heavy atom. The number of halogens is 2. The van der Waals surface area contributed by atoms with Crippen molar-refractivity contribution in [2.45, 2.75) is 25.2 Å². The van der Waals surface area contributed by atoms with Crippen molar-refractivity contribution in [1.29, 1.82) is 0 Å². The maximum Gasteiger partial charge on any atom is 0.260 e. The molecule has 2 unspecified atom stereocenters. The maximum atomic E-state index is 12.8. The van der Waals surface area contributed by atoms with E-state index in [0.717, 1.165) is 0 Å². The molecule has 0 aromatic heterocycles. The van der Waals surface area contributed by atoms with Crippen molar-refractivity contribution >= 4 is 6.29 Å². The van der Waals surface area contributed by atoms with Gasteiger partial charge in [0.25, 0.3) is 5.92 Å². The van der Waals surface area contributed by atoms with E-state index in [1.54, 1.807) is 0 Å². The fraction of sp³-hybridized carbons (Fsp3) is 0.857. The van der Waals surface area contributed by atoms with Crippen molar-refractivity contribution in [3.05, 3.63) is 0 Å². The van der Waals surface area contributed by atoms with Gasteiger partial charge in [-0.15, -0.1) is 0 Å². The molecule has 0 heterocycles. The lowest BCUT2D eigenvalue weighted by molar-refractivity contribution is -0.127. The molecule has 0 aromatic carbocycles. The van der Waals surface area contributed by atoms with Crippen molar-refractivity contribution in [2.24, 2.45) is 11.3 Å². The van der Waals surface area contributed by atoms with E-state index in [4.69, 9.17) is 0 Å². The Morgan fingerprint density at radius 2 is 2.20 bits per heavy atom. The molecule has 2 saturated carbocycles. The van der Waals surface area contributed by atoms with Crippen LogP contribution in [0, 0.1) is 11.3 Å². The summed E-state index contributed by atoms with van der Waals surface area (Å²) in [4.78, 5) is 10.3. The summed E-state index contributed by atoms with van der Waals surface area (Å²) in [6.07, 6.45) is 1.33. The third kappa shape index (κ3) is 0.456. The largest absolute Gasteiger partial charge is 0.303 e. The van der Waals surface area contributed by atoms with Crippen molar-refractivity contribution < 1.29 is 13.6 Å². The van der Waals surface area contributed by atoms with E-state index in [0.29, 0.717) is 19.1 Å². The van der Waals surface area contributed by atoms with Crippen LogP contribution in [0.5, 0.6) is 0 Å². The van der Waals surface area contributed by atoms with Crippen LogP contribution >= 0.6 is 0 Å². The summed E-state index contributed by atoms with van der Waals surface area (Å²) in [7, 11) is 0. The first kappa shape index (κ1) is 6.25. The molecule has 2 rings (SSSR count). The first-order valence-corrected chi connectivity index (χ1v) is 3.46. The molecule has 2 aliphatic rings. The molecule has 0 bridgehead atoms. The van der Waals surface area contributed by atoms with Gasteiger partial charge < -0.3 is 4.79 Å². The third-order valence-corrected chi connectivity index (χ3v) is 2.85. The summed E-state index contributed by atoms with van der Waals surface area (Å²) < 4.78 is 25.6. The molecule has 0 spiro atoms. The lowest BCUT2D eigenvalue weighted by atomic mass is 10.0. The van der Waals surface area contributed by atoms with Crippen molar-refractivity contribution in [3.63, 3.8) is 0 Å². The molecule has 3 heteroatoms. The molecule has 56 valence electrons. The van der Waals surface area contributed by atoms with Crippen LogP contribution in [-0.4, -0.2) is 12.2 Å². The number of aldehydes is 1. The highest BCUT2D eigenvalue weighted by atomic mass is 19.3. The van der Waals surface area contributed by atoms with Crippen molar-refractivity contribution in [1.82, 2.24) is 0 Å². The Balaban J connectivity index is 2.32. The Labute approximate surface area is 57.4 Å². The van der Waals surface area contributed by atoms with Gasteiger partial charge in [0, 0.05) is 6.42 Å². The molecule has 2 fully saturated rings. The van der Waals surface area contributed by atoms with Crippen LogP contribution in [0.25, 0.3) is 0 Å². The predicted octanol–water partition coefficient (Wildman–Crippen LogP) is 1.62. The fourth-order valence-corrected chi connectivity index (χ4v) is 1.98. The molecule has 0 aliphatic heterocycles. The zero-order chi connectivity index (χ0) is 7.41. The maximum absolute atomic E-state index is 12.8. The second-order valence-corrected chi connectivity index (χ2v) is 3.30. The van der Waals surface area contributed by atoms with Crippen LogP contribution < -0.4 is 0 Å². The van der Waals surface area contributed by atoms with Crippen LogP contribution in [0.15, 0.2) is 0 Å². The lowest BCUT2D eigenvalue weighted by Crippen LogP contribution is -2.27. The standard InChI is InChI=1S/C7H8F2O/c8-7(9)2-1-5-3-6(5,7)4-10/h4-5H,1-3H2. The molecular formula is C7H8F2O. The summed E-state index contributed by atoms with van der Waals surface area (Å²) in [5.74, 6) is -2.70. The highest BCUT2D eigenvalue weighted by molar-refractivity contribution is 5.68. The van der Waals surface area contributed by atoms with Crippen LogP contribution in [0.4, 0.5) is 8.78 Å². The topological polar surface area (TPSA) is 17.1 Å². The van der Waals surface area contributed by atoms with Gasteiger partial charge in [0.05, 0.1) is 5.41 Å². The van der Waals surface area contributed by atoms with E-state index < -0.39 is 11.3 Å². The van der Waals surface area contributed by atoms with Gasteiger partial charge in [-0.2, -0.15) is 0 Å². The second kappa shape index (κ2) is 1.41. The minimum Gasteiger partial charge on any atom is -0.303 e. The van der Waals surface area contributed by atoms with Crippen LogP contribution in [0.3, 0.4) is 0 Å². The fourth-order valence-electron chi connectivity index (χ4n) is 1.98. The number of hydrogen-bond acceptors (Lipinski definition) is 1. The van der Waals surface area contributed by atoms with Gasteiger partial charge in [-0.3, -0.25) is 0 Å². The number of hydrogen-bond donors (Lipinski definition) is 0. The smallest absolute Gasteiger partial charge is 0.260 e.